The van der Waals surface area contributed by atoms with Crippen LogP contribution < -0.4 is 4.74 Å². The largest absolute Gasteiger partial charge is 0.466 e. The lowest BCUT2D eigenvalue weighted by Gasteiger charge is -2.38. The molecule has 4 heterocycles. The zero-order chi connectivity index (χ0) is 22.2. The van der Waals surface area contributed by atoms with Crippen molar-refractivity contribution in [1.29, 1.82) is 0 Å². The number of nitrogens with zero attached hydrogens (tertiary/aromatic N) is 4. The van der Waals surface area contributed by atoms with E-state index in [1.165, 1.54) is 23.2 Å². The van der Waals surface area contributed by atoms with Crippen LogP contribution in [0.2, 0.25) is 5.02 Å². The minimum Gasteiger partial charge on any atom is -0.466 e. The van der Waals surface area contributed by atoms with Gasteiger partial charge in [-0.3, -0.25) is 4.79 Å². The van der Waals surface area contributed by atoms with Crippen LogP contribution in [0.15, 0.2) is 49.9 Å². The van der Waals surface area contributed by atoms with Crippen molar-refractivity contribution in [1.82, 2.24) is 19.3 Å². The van der Waals surface area contributed by atoms with Crippen LogP contribution in [0.5, 0.6) is 5.88 Å². The van der Waals surface area contributed by atoms with Gasteiger partial charge in [0.05, 0.1) is 17.3 Å². The number of hydrogen-bond acceptors (Lipinski definition) is 4. The van der Waals surface area contributed by atoms with E-state index in [-0.39, 0.29) is 29.6 Å². The zero-order valence-corrected chi connectivity index (χ0v) is 17.2. The van der Waals surface area contributed by atoms with Crippen molar-refractivity contribution in [3.63, 3.8) is 0 Å². The normalized spacial score (nSPS) is 18.0. The predicted molar refractivity (Wildman–Crippen MR) is 115 cm³/mol. The highest BCUT2D eigenvalue weighted by Crippen LogP contribution is 2.33. The van der Waals surface area contributed by atoms with Crippen LogP contribution in [0.3, 0.4) is 0 Å². The number of hydrogen-bond donors (Lipinski definition) is 0. The number of amides is 1. The van der Waals surface area contributed by atoms with Crippen molar-refractivity contribution in [2.75, 3.05) is 13.1 Å². The highest BCUT2D eigenvalue weighted by molar-refractivity contribution is 6.34. The van der Waals surface area contributed by atoms with E-state index in [0.717, 1.165) is 0 Å². The number of alkyl halides is 2. The average molecular weight is 445 g/mol. The van der Waals surface area contributed by atoms with Gasteiger partial charge in [-0.15, -0.1) is 0 Å². The molecule has 0 N–H and O–H groups in total. The molecule has 0 spiro atoms. The molecule has 4 rings (SSSR count). The summed E-state index contributed by atoms with van der Waals surface area (Å²) < 4.78 is 36.5. The molecular formula is C22H19ClF2N4O2. The first-order valence-corrected chi connectivity index (χ1v) is 9.92. The Morgan fingerprint density at radius 1 is 1.26 bits per heavy atom. The summed E-state index contributed by atoms with van der Waals surface area (Å²) in [5, 5.41) is 0.204. The van der Waals surface area contributed by atoms with E-state index in [4.69, 9.17) is 16.3 Å². The first-order valence-electron chi connectivity index (χ1n) is 9.55. The van der Waals surface area contributed by atoms with Gasteiger partial charge in [0, 0.05) is 37.6 Å². The fourth-order valence-corrected chi connectivity index (χ4v) is 3.73. The van der Waals surface area contributed by atoms with Crippen LogP contribution in [0.25, 0.3) is 17.8 Å². The van der Waals surface area contributed by atoms with Crippen molar-refractivity contribution in [2.45, 2.75) is 18.4 Å². The third kappa shape index (κ3) is 3.90. The molecule has 6 nitrogen and oxygen atoms in total. The van der Waals surface area contributed by atoms with Gasteiger partial charge in [0.25, 0.3) is 11.8 Å². The van der Waals surface area contributed by atoms with Gasteiger partial charge in [-0.1, -0.05) is 30.8 Å². The van der Waals surface area contributed by atoms with E-state index in [1.54, 1.807) is 35.0 Å². The maximum Gasteiger partial charge on any atom is 0.287 e. The van der Waals surface area contributed by atoms with Crippen molar-refractivity contribution < 1.29 is 18.3 Å². The number of carbonyl (C=O) groups excluding carboxylic acids is 1. The van der Waals surface area contributed by atoms with Crippen molar-refractivity contribution in [2.24, 2.45) is 0 Å². The van der Waals surface area contributed by atoms with Crippen molar-refractivity contribution in [3.05, 3.63) is 71.8 Å². The topological polar surface area (TPSA) is 59.7 Å². The quantitative estimate of drug-likeness (QED) is 0.577. The number of pyridine rings is 2. The van der Waals surface area contributed by atoms with Crippen LogP contribution in [-0.2, 0) is 0 Å². The predicted octanol–water partition coefficient (Wildman–Crippen LogP) is 4.60. The molecule has 1 atom stereocenters. The van der Waals surface area contributed by atoms with Gasteiger partial charge in [-0.2, -0.15) is 0 Å². The summed E-state index contributed by atoms with van der Waals surface area (Å²) in [5.74, 6) is -3.59. The Labute approximate surface area is 182 Å². The highest BCUT2D eigenvalue weighted by Gasteiger charge is 2.47. The lowest BCUT2D eigenvalue weighted by atomic mass is 10.0. The number of imidazole rings is 1. The van der Waals surface area contributed by atoms with E-state index in [0.29, 0.717) is 16.9 Å². The summed E-state index contributed by atoms with van der Waals surface area (Å²) in [7, 11) is 0. The molecule has 1 fully saturated rings. The van der Waals surface area contributed by atoms with Crippen LogP contribution in [0, 0.1) is 0 Å². The molecule has 1 aliphatic heterocycles. The molecule has 9 heteroatoms. The van der Waals surface area contributed by atoms with Gasteiger partial charge < -0.3 is 14.0 Å². The SMILES string of the molecule is C=Cc1ccc(OC2CN(C(=O)c3c(Cl)ccn4ccnc34)CCC2(F)F)nc1C=C. The first kappa shape index (κ1) is 21.0. The van der Waals surface area contributed by atoms with Crippen molar-refractivity contribution in [3.8, 4) is 5.88 Å². The maximum atomic E-state index is 14.6. The molecule has 3 aromatic heterocycles. The fraction of sp³-hybridized carbons (Fsp3) is 0.227. The van der Waals surface area contributed by atoms with Gasteiger partial charge in [-0.05, 0) is 23.8 Å². The lowest BCUT2D eigenvalue weighted by Crippen LogP contribution is -2.55. The first-order chi connectivity index (χ1) is 14.8. The maximum absolute atomic E-state index is 14.6. The molecule has 0 saturated carbocycles. The second-order valence-corrected chi connectivity index (χ2v) is 7.50. The van der Waals surface area contributed by atoms with E-state index in [9.17, 15) is 13.6 Å². The number of ether oxygens (including phenoxy) is 1. The molecule has 3 aromatic rings. The van der Waals surface area contributed by atoms with E-state index < -0.39 is 24.4 Å². The van der Waals surface area contributed by atoms with E-state index in [2.05, 4.69) is 23.1 Å². The van der Waals surface area contributed by atoms with E-state index >= 15 is 0 Å². The number of likely N-dealkylation sites (tertiary alicyclic amines) is 1. The molecule has 0 bridgehead atoms. The molecule has 0 aromatic carbocycles. The molecule has 0 radical (unpaired) electrons. The smallest absolute Gasteiger partial charge is 0.287 e. The minimum atomic E-state index is -3.13. The van der Waals surface area contributed by atoms with Crippen molar-refractivity contribution >= 4 is 35.3 Å². The van der Waals surface area contributed by atoms with Crippen LogP contribution in [0.4, 0.5) is 8.78 Å². The Hall–Kier alpha value is -3.26. The average Bonchev–Trinajstić information content (AvgIpc) is 3.23. The van der Waals surface area contributed by atoms with Crippen LogP contribution in [-0.4, -0.2) is 50.3 Å². The van der Waals surface area contributed by atoms with Gasteiger partial charge in [0.2, 0.25) is 5.88 Å². The Morgan fingerprint density at radius 2 is 2.06 bits per heavy atom. The molecular weight excluding hydrogens is 426 g/mol. The van der Waals surface area contributed by atoms with Gasteiger partial charge in [-0.25, -0.2) is 18.7 Å². The standard InChI is InChI=1S/C22H19ClF2N4O2/c1-3-14-5-6-18(27-16(14)4-2)31-17-13-29(11-8-22(17,24)25)21(30)19-15(23)7-10-28-12-9-26-20(19)28/h3-7,9-10,12,17H,1-2,8,11,13H2. The molecule has 1 aliphatic rings. The zero-order valence-electron chi connectivity index (χ0n) is 16.5. The third-order valence-corrected chi connectivity index (χ3v) is 5.51. The Kier molecular flexibility index (Phi) is 5.49. The van der Waals surface area contributed by atoms with Crippen LogP contribution >= 0.6 is 11.6 Å². The Morgan fingerprint density at radius 3 is 2.81 bits per heavy atom. The third-order valence-electron chi connectivity index (χ3n) is 5.19. The van der Waals surface area contributed by atoms with Crippen LogP contribution in [0.1, 0.15) is 28.0 Å². The van der Waals surface area contributed by atoms with Gasteiger partial charge in [0.1, 0.15) is 5.56 Å². The molecule has 160 valence electrons. The summed E-state index contributed by atoms with van der Waals surface area (Å²) in [5.41, 5.74) is 1.71. The summed E-state index contributed by atoms with van der Waals surface area (Å²) >= 11 is 6.25. The molecule has 1 saturated heterocycles. The number of fused-ring (bicyclic) bond motifs is 1. The van der Waals surface area contributed by atoms with Gasteiger partial charge >= 0.3 is 0 Å². The molecule has 31 heavy (non-hydrogen) atoms. The molecule has 0 aliphatic carbocycles. The second kappa shape index (κ2) is 8.11. The lowest BCUT2D eigenvalue weighted by molar-refractivity contribution is -0.131. The number of carbonyl (C=O) groups is 1. The monoisotopic (exact) mass is 444 g/mol. The van der Waals surface area contributed by atoms with E-state index in [1.807, 2.05) is 0 Å². The number of halogens is 3. The molecule has 1 amide bonds. The summed E-state index contributed by atoms with van der Waals surface area (Å²) in [4.78, 5) is 22.9. The highest BCUT2D eigenvalue weighted by atomic mass is 35.5. The molecule has 1 unspecified atom stereocenters. The summed E-state index contributed by atoms with van der Waals surface area (Å²) in [6, 6.07) is 4.72. The second-order valence-electron chi connectivity index (χ2n) is 7.10. The minimum absolute atomic E-state index is 0.0212. The number of aromatic nitrogens is 3. The summed E-state index contributed by atoms with van der Waals surface area (Å²) in [6.45, 7) is 6.89. The Balaban J connectivity index is 1.61. The number of rotatable bonds is 5. The Bertz CT molecular complexity index is 1180. The number of piperidine rings is 1. The summed E-state index contributed by atoms with van der Waals surface area (Å²) in [6.07, 6.45) is 5.85. The van der Waals surface area contributed by atoms with Gasteiger partial charge in [0.15, 0.2) is 11.8 Å². The fourth-order valence-electron chi connectivity index (χ4n) is 3.51.